The molecule has 1 aromatic carbocycles. The second-order valence-corrected chi connectivity index (χ2v) is 6.06. The quantitative estimate of drug-likeness (QED) is 0.689. The molecule has 0 aliphatic heterocycles. The lowest BCUT2D eigenvalue weighted by atomic mass is 10.1. The minimum atomic E-state index is -0.0644. The van der Waals surface area contributed by atoms with E-state index in [9.17, 15) is 9.90 Å². The number of carbonyl (C=O) groups excluding carboxylic acids is 1. The van der Waals surface area contributed by atoms with Crippen LogP contribution in [-0.2, 0) is 17.6 Å². The smallest absolute Gasteiger partial charge is 0.248 e. The van der Waals surface area contributed by atoms with Gasteiger partial charge < -0.3 is 14.8 Å². The fourth-order valence-corrected chi connectivity index (χ4v) is 2.85. The van der Waals surface area contributed by atoms with Gasteiger partial charge in [0.1, 0.15) is 5.75 Å². The zero-order valence-electron chi connectivity index (χ0n) is 12.9. The highest BCUT2D eigenvalue weighted by atomic mass is 32.1. The number of thiophene rings is 1. The minimum absolute atomic E-state index is 0.0644. The average Bonchev–Trinajstić information content (AvgIpc) is 3.24. The fourth-order valence-electron chi connectivity index (χ4n) is 2.22. The van der Waals surface area contributed by atoms with Gasteiger partial charge in [-0.15, -0.1) is 10.2 Å². The summed E-state index contributed by atoms with van der Waals surface area (Å²) in [4.78, 5) is 11.9. The normalized spacial score (nSPS) is 10.7. The Morgan fingerprint density at radius 2 is 2.17 bits per heavy atom. The van der Waals surface area contributed by atoms with Gasteiger partial charge >= 0.3 is 0 Å². The molecule has 0 aliphatic rings. The third-order valence-electron chi connectivity index (χ3n) is 3.45. The van der Waals surface area contributed by atoms with Crippen molar-refractivity contribution in [2.45, 2.75) is 19.3 Å². The number of phenolic OH excluding ortho intramolecular Hbond substituents is 1. The molecule has 0 radical (unpaired) electrons. The molecule has 0 aliphatic carbocycles. The van der Waals surface area contributed by atoms with Gasteiger partial charge in [-0.1, -0.05) is 12.1 Å². The number of amides is 1. The standard InChI is InChI=1S/C17H17N3O3S/c21-14-3-1-2-12(10-14)6-8-18-15(22)4-5-16-19-20-17(23-16)13-7-9-24-11-13/h1-3,7,9-11,21H,4-6,8H2,(H,18,22). The summed E-state index contributed by atoms with van der Waals surface area (Å²) >= 11 is 1.56. The average molecular weight is 343 g/mol. The molecule has 0 unspecified atom stereocenters. The number of carbonyl (C=O) groups is 1. The Labute approximate surface area is 143 Å². The van der Waals surface area contributed by atoms with E-state index >= 15 is 0 Å². The molecule has 2 N–H and O–H groups in total. The molecule has 0 bridgehead atoms. The molecule has 2 heterocycles. The van der Waals surface area contributed by atoms with E-state index < -0.39 is 0 Å². The van der Waals surface area contributed by atoms with Crippen LogP contribution in [-0.4, -0.2) is 27.8 Å². The number of nitrogens with zero attached hydrogens (tertiary/aromatic N) is 2. The number of aromatic hydroxyl groups is 1. The highest BCUT2D eigenvalue weighted by Crippen LogP contribution is 2.20. The number of aryl methyl sites for hydroxylation is 1. The van der Waals surface area contributed by atoms with Crippen LogP contribution in [0.2, 0.25) is 0 Å². The Bertz CT molecular complexity index is 799. The first kappa shape index (κ1) is 16.2. The SMILES string of the molecule is O=C(CCc1nnc(-c2ccsc2)o1)NCCc1cccc(O)c1. The fraction of sp³-hybridized carbons (Fsp3) is 0.235. The molecule has 124 valence electrons. The lowest BCUT2D eigenvalue weighted by molar-refractivity contribution is -0.121. The van der Waals surface area contributed by atoms with Gasteiger partial charge in [-0.3, -0.25) is 4.79 Å². The van der Waals surface area contributed by atoms with Crippen LogP contribution in [0.1, 0.15) is 17.9 Å². The Morgan fingerprint density at radius 1 is 1.25 bits per heavy atom. The molecule has 0 spiro atoms. The maximum absolute atomic E-state index is 11.9. The van der Waals surface area contributed by atoms with Gasteiger partial charge in [0.15, 0.2) is 0 Å². The van der Waals surface area contributed by atoms with Crippen molar-refractivity contribution in [3.8, 4) is 17.2 Å². The van der Waals surface area contributed by atoms with Crippen molar-refractivity contribution in [2.24, 2.45) is 0 Å². The van der Waals surface area contributed by atoms with Gasteiger partial charge in [-0.25, -0.2) is 0 Å². The van der Waals surface area contributed by atoms with E-state index in [4.69, 9.17) is 4.42 Å². The molecule has 1 amide bonds. The minimum Gasteiger partial charge on any atom is -0.508 e. The number of phenols is 1. The number of benzene rings is 1. The van der Waals surface area contributed by atoms with Crippen LogP contribution in [0.15, 0.2) is 45.5 Å². The van der Waals surface area contributed by atoms with Crippen molar-refractivity contribution in [3.63, 3.8) is 0 Å². The van der Waals surface area contributed by atoms with Crippen LogP contribution in [0.25, 0.3) is 11.5 Å². The summed E-state index contributed by atoms with van der Waals surface area (Å²) in [6, 6.07) is 8.92. The Hall–Kier alpha value is -2.67. The van der Waals surface area contributed by atoms with Gasteiger partial charge in [-0.2, -0.15) is 11.3 Å². The molecule has 0 fully saturated rings. The topological polar surface area (TPSA) is 88.2 Å². The van der Waals surface area contributed by atoms with Crippen molar-refractivity contribution in [3.05, 3.63) is 52.5 Å². The highest BCUT2D eigenvalue weighted by Gasteiger charge is 2.10. The van der Waals surface area contributed by atoms with Gasteiger partial charge in [0.25, 0.3) is 0 Å². The lowest BCUT2D eigenvalue weighted by Gasteiger charge is -2.05. The van der Waals surface area contributed by atoms with E-state index in [1.165, 1.54) is 0 Å². The number of aromatic nitrogens is 2. The predicted molar refractivity (Wildman–Crippen MR) is 90.8 cm³/mol. The molecule has 3 rings (SSSR count). The summed E-state index contributed by atoms with van der Waals surface area (Å²) in [6.45, 7) is 0.520. The van der Waals surface area contributed by atoms with E-state index in [0.29, 0.717) is 37.6 Å². The molecule has 6 nitrogen and oxygen atoms in total. The number of hydrogen-bond donors (Lipinski definition) is 2. The first-order valence-corrected chi connectivity index (χ1v) is 8.54. The Morgan fingerprint density at radius 3 is 2.96 bits per heavy atom. The second kappa shape index (κ2) is 7.74. The van der Waals surface area contributed by atoms with Crippen molar-refractivity contribution in [1.29, 1.82) is 0 Å². The summed E-state index contributed by atoms with van der Waals surface area (Å²) < 4.78 is 5.54. The van der Waals surface area contributed by atoms with Crippen LogP contribution >= 0.6 is 11.3 Å². The summed E-state index contributed by atoms with van der Waals surface area (Å²) in [5.41, 5.74) is 1.88. The molecule has 0 saturated heterocycles. The third kappa shape index (κ3) is 4.42. The molecule has 7 heteroatoms. The molecular formula is C17H17N3O3S. The summed E-state index contributed by atoms with van der Waals surface area (Å²) in [6.07, 6.45) is 1.38. The van der Waals surface area contributed by atoms with Crippen LogP contribution in [0.3, 0.4) is 0 Å². The van der Waals surface area contributed by atoms with Gasteiger partial charge in [0.05, 0.1) is 0 Å². The lowest BCUT2D eigenvalue weighted by Crippen LogP contribution is -2.25. The molecule has 3 aromatic rings. The van der Waals surface area contributed by atoms with Gasteiger partial charge in [0, 0.05) is 30.3 Å². The zero-order valence-corrected chi connectivity index (χ0v) is 13.8. The van der Waals surface area contributed by atoms with E-state index in [1.54, 1.807) is 29.5 Å². The third-order valence-corrected chi connectivity index (χ3v) is 4.13. The molecule has 0 atom stereocenters. The summed E-state index contributed by atoms with van der Waals surface area (Å²) in [7, 11) is 0. The van der Waals surface area contributed by atoms with E-state index in [-0.39, 0.29) is 11.7 Å². The molecular weight excluding hydrogens is 326 g/mol. The van der Waals surface area contributed by atoms with Crippen LogP contribution in [0, 0.1) is 0 Å². The van der Waals surface area contributed by atoms with Crippen molar-refractivity contribution in [2.75, 3.05) is 6.54 Å². The van der Waals surface area contributed by atoms with Crippen molar-refractivity contribution >= 4 is 17.2 Å². The first-order chi connectivity index (χ1) is 11.7. The Kier molecular flexibility index (Phi) is 5.22. The summed E-state index contributed by atoms with van der Waals surface area (Å²) in [5, 5.41) is 24.1. The molecule has 24 heavy (non-hydrogen) atoms. The number of nitrogens with one attached hydrogen (secondary N) is 1. The van der Waals surface area contributed by atoms with Crippen molar-refractivity contribution < 1.29 is 14.3 Å². The Balaban J connectivity index is 1.41. The molecule has 2 aromatic heterocycles. The maximum Gasteiger partial charge on any atom is 0.248 e. The number of hydrogen-bond acceptors (Lipinski definition) is 6. The first-order valence-electron chi connectivity index (χ1n) is 7.60. The van der Waals surface area contributed by atoms with Crippen LogP contribution in [0.5, 0.6) is 5.75 Å². The summed E-state index contributed by atoms with van der Waals surface area (Å²) in [5.74, 6) is 1.11. The second-order valence-electron chi connectivity index (χ2n) is 5.28. The zero-order chi connectivity index (χ0) is 16.8. The van der Waals surface area contributed by atoms with Gasteiger partial charge in [-0.05, 0) is 35.6 Å². The molecule has 0 saturated carbocycles. The monoisotopic (exact) mass is 343 g/mol. The van der Waals surface area contributed by atoms with E-state index in [2.05, 4.69) is 15.5 Å². The van der Waals surface area contributed by atoms with Crippen LogP contribution in [0.4, 0.5) is 0 Å². The highest BCUT2D eigenvalue weighted by molar-refractivity contribution is 7.08. The number of rotatable bonds is 7. The van der Waals surface area contributed by atoms with Gasteiger partial charge in [0.2, 0.25) is 17.7 Å². The van der Waals surface area contributed by atoms with E-state index in [0.717, 1.165) is 11.1 Å². The largest absolute Gasteiger partial charge is 0.508 e. The van der Waals surface area contributed by atoms with Crippen LogP contribution < -0.4 is 5.32 Å². The maximum atomic E-state index is 11.9. The van der Waals surface area contributed by atoms with E-state index in [1.807, 2.05) is 22.9 Å². The van der Waals surface area contributed by atoms with Crippen molar-refractivity contribution in [1.82, 2.24) is 15.5 Å². The predicted octanol–water partition coefficient (Wildman–Crippen LogP) is 2.80.